The average Bonchev–Trinajstić information content (AvgIpc) is 2.81. The molecule has 6 nitrogen and oxygen atoms in total. The van der Waals surface area contributed by atoms with Crippen LogP contribution in [0.3, 0.4) is 0 Å². The lowest BCUT2D eigenvalue weighted by atomic mass is 10.0. The summed E-state index contributed by atoms with van der Waals surface area (Å²) >= 11 is 0. The highest BCUT2D eigenvalue weighted by Crippen LogP contribution is 2.30. The van der Waals surface area contributed by atoms with Crippen molar-refractivity contribution in [3.05, 3.63) is 52.3 Å². The van der Waals surface area contributed by atoms with Crippen molar-refractivity contribution < 1.29 is 14.1 Å². The van der Waals surface area contributed by atoms with Gasteiger partial charge in [-0.1, -0.05) is 6.07 Å². The maximum absolute atomic E-state index is 11.3. The van der Waals surface area contributed by atoms with Gasteiger partial charge in [0.05, 0.1) is 11.2 Å². The maximum atomic E-state index is 11.3. The van der Waals surface area contributed by atoms with Crippen molar-refractivity contribution in [2.75, 3.05) is 0 Å². The molecule has 2 rings (SSSR count). The van der Waals surface area contributed by atoms with Crippen molar-refractivity contribution in [3.63, 3.8) is 0 Å². The number of benzene rings is 1. The van der Waals surface area contributed by atoms with Gasteiger partial charge < -0.3 is 10.2 Å². The van der Waals surface area contributed by atoms with E-state index in [9.17, 15) is 14.9 Å². The third-order valence-electron chi connectivity index (χ3n) is 2.27. The number of nitrogens with zero attached hydrogens (tertiary/aromatic N) is 1. The first kappa shape index (κ1) is 10.9. The Bertz CT molecular complexity index is 575. The SMILES string of the molecule is NC(=O)c1c(-c2ccco2)cccc1[N+](=O)[O-]. The summed E-state index contributed by atoms with van der Waals surface area (Å²) in [7, 11) is 0. The monoisotopic (exact) mass is 232 g/mol. The van der Waals surface area contributed by atoms with Gasteiger partial charge >= 0.3 is 0 Å². The minimum absolute atomic E-state index is 0.146. The molecule has 0 aliphatic carbocycles. The second kappa shape index (κ2) is 4.09. The Morgan fingerprint density at radius 1 is 1.29 bits per heavy atom. The van der Waals surface area contributed by atoms with Crippen molar-refractivity contribution >= 4 is 11.6 Å². The standard InChI is InChI=1S/C11H8N2O4/c12-11(14)10-7(9-5-2-6-17-9)3-1-4-8(10)13(15)16/h1-6H,(H2,12,14). The molecule has 2 aromatic rings. The quantitative estimate of drug-likeness (QED) is 0.645. The summed E-state index contributed by atoms with van der Waals surface area (Å²) in [5.74, 6) is -0.494. The fraction of sp³-hybridized carbons (Fsp3) is 0. The van der Waals surface area contributed by atoms with Crippen LogP contribution in [-0.4, -0.2) is 10.8 Å². The number of carbonyl (C=O) groups is 1. The zero-order valence-electron chi connectivity index (χ0n) is 8.62. The van der Waals surface area contributed by atoms with Gasteiger partial charge in [-0.05, 0) is 18.2 Å². The van der Waals surface area contributed by atoms with Gasteiger partial charge in [0.1, 0.15) is 11.3 Å². The third kappa shape index (κ3) is 1.87. The molecule has 2 N–H and O–H groups in total. The highest BCUT2D eigenvalue weighted by molar-refractivity contribution is 6.03. The molecule has 17 heavy (non-hydrogen) atoms. The molecular weight excluding hydrogens is 224 g/mol. The van der Waals surface area contributed by atoms with Crippen LogP contribution in [0.25, 0.3) is 11.3 Å². The largest absolute Gasteiger partial charge is 0.464 e. The lowest BCUT2D eigenvalue weighted by Crippen LogP contribution is -2.14. The van der Waals surface area contributed by atoms with Gasteiger partial charge in [-0.25, -0.2) is 0 Å². The molecule has 0 bridgehead atoms. The van der Waals surface area contributed by atoms with Crippen LogP contribution in [0.2, 0.25) is 0 Å². The van der Waals surface area contributed by atoms with E-state index in [0.717, 1.165) is 0 Å². The molecule has 0 fully saturated rings. The van der Waals surface area contributed by atoms with E-state index < -0.39 is 10.8 Å². The van der Waals surface area contributed by atoms with E-state index in [1.807, 2.05) is 0 Å². The normalized spacial score (nSPS) is 10.1. The molecule has 6 heteroatoms. The Morgan fingerprint density at radius 3 is 2.59 bits per heavy atom. The minimum atomic E-state index is -0.858. The average molecular weight is 232 g/mol. The zero-order valence-corrected chi connectivity index (χ0v) is 8.62. The summed E-state index contributed by atoms with van der Waals surface area (Å²) < 4.78 is 5.11. The van der Waals surface area contributed by atoms with E-state index in [1.165, 1.54) is 18.4 Å². The summed E-state index contributed by atoms with van der Waals surface area (Å²) in [5, 5.41) is 10.8. The first-order chi connectivity index (χ1) is 8.11. The summed E-state index contributed by atoms with van der Waals surface area (Å²) in [6.45, 7) is 0. The van der Waals surface area contributed by atoms with Crippen molar-refractivity contribution in [3.8, 4) is 11.3 Å². The molecular formula is C11H8N2O4. The number of carbonyl (C=O) groups excluding carboxylic acids is 1. The summed E-state index contributed by atoms with van der Waals surface area (Å²) in [6.07, 6.45) is 1.42. The predicted molar refractivity (Wildman–Crippen MR) is 59.3 cm³/mol. The van der Waals surface area contributed by atoms with Crippen LogP contribution < -0.4 is 5.73 Å². The topological polar surface area (TPSA) is 99.4 Å². The number of furan rings is 1. The van der Waals surface area contributed by atoms with E-state index in [1.54, 1.807) is 18.2 Å². The molecule has 0 unspecified atom stereocenters. The highest BCUT2D eigenvalue weighted by atomic mass is 16.6. The van der Waals surface area contributed by atoms with Crippen LogP contribution in [0.5, 0.6) is 0 Å². The van der Waals surface area contributed by atoms with Crippen LogP contribution in [0, 0.1) is 10.1 Å². The molecule has 86 valence electrons. The van der Waals surface area contributed by atoms with Crippen molar-refractivity contribution in [2.24, 2.45) is 5.73 Å². The maximum Gasteiger partial charge on any atom is 0.282 e. The van der Waals surface area contributed by atoms with E-state index in [0.29, 0.717) is 11.3 Å². The number of amides is 1. The smallest absolute Gasteiger partial charge is 0.282 e. The van der Waals surface area contributed by atoms with Gasteiger partial charge in [0, 0.05) is 11.6 Å². The number of nitro groups is 1. The number of nitrogens with two attached hydrogens (primary N) is 1. The van der Waals surface area contributed by atoms with Crippen LogP contribution in [-0.2, 0) is 0 Å². The van der Waals surface area contributed by atoms with Gasteiger partial charge in [-0.15, -0.1) is 0 Å². The second-order valence-corrected chi connectivity index (χ2v) is 3.30. The van der Waals surface area contributed by atoms with Gasteiger partial charge in [0.25, 0.3) is 11.6 Å². The molecule has 0 spiro atoms. The Labute approximate surface area is 95.8 Å². The molecule has 1 aromatic heterocycles. The molecule has 0 atom stereocenters. The fourth-order valence-electron chi connectivity index (χ4n) is 1.59. The first-order valence-corrected chi connectivity index (χ1v) is 4.72. The van der Waals surface area contributed by atoms with Crippen LogP contribution in [0.15, 0.2) is 41.0 Å². The summed E-state index contributed by atoms with van der Waals surface area (Å²) in [6, 6.07) is 7.48. The van der Waals surface area contributed by atoms with E-state index >= 15 is 0 Å². The number of rotatable bonds is 3. The van der Waals surface area contributed by atoms with Gasteiger partial charge in [-0.3, -0.25) is 14.9 Å². The number of nitro benzene ring substituents is 1. The molecule has 1 aromatic carbocycles. The van der Waals surface area contributed by atoms with Gasteiger partial charge in [0.15, 0.2) is 0 Å². The molecule has 1 heterocycles. The number of primary amides is 1. The summed E-state index contributed by atoms with van der Waals surface area (Å²) in [4.78, 5) is 21.5. The van der Waals surface area contributed by atoms with Crippen LogP contribution in [0.4, 0.5) is 5.69 Å². The predicted octanol–water partition coefficient (Wildman–Crippen LogP) is 1.95. The van der Waals surface area contributed by atoms with Gasteiger partial charge in [-0.2, -0.15) is 0 Å². The third-order valence-corrected chi connectivity index (χ3v) is 2.27. The molecule has 0 saturated heterocycles. The van der Waals surface area contributed by atoms with E-state index in [4.69, 9.17) is 10.2 Å². The Balaban J connectivity index is 2.72. The highest BCUT2D eigenvalue weighted by Gasteiger charge is 2.23. The fourth-order valence-corrected chi connectivity index (χ4v) is 1.59. The molecule has 0 aliphatic rings. The Morgan fingerprint density at radius 2 is 2.06 bits per heavy atom. The zero-order chi connectivity index (χ0) is 12.4. The Kier molecular flexibility index (Phi) is 2.61. The lowest BCUT2D eigenvalue weighted by molar-refractivity contribution is -0.385. The van der Waals surface area contributed by atoms with Crippen molar-refractivity contribution in [1.82, 2.24) is 0 Å². The Hall–Kier alpha value is -2.63. The van der Waals surface area contributed by atoms with E-state index in [2.05, 4.69) is 0 Å². The first-order valence-electron chi connectivity index (χ1n) is 4.72. The van der Waals surface area contributed by atoms with Gasteiger partial charge in [0.2, 0.25) is 0 Å². The number of hydrogen-bond acceptors (Lipinski definition) is 4. The molecule has 0 radical (unpaired) electrons. The van der Waals surface area contributed by atoms with E-state index in [-0.39, 0.29) is 11.3 Å². The van der Waals surface area contributed by atoms with Crippen molar-refractivity contribution in [1.29, 1.82) is 0 Å². The van der Waals surface area contributed by atoms with Crippen LogP contribution >= 0.6 is 0 Å². The second-order valence-electron chi connectivity index (χ2n) is 3.30. The molecule has 1 amide bonds. The minimum Gasteiger partial charge on any atom is -0.464 e. The molecule has 0 saturated carbocycles. The lowest BCUT2D eigenvalue weighted by Gasteiger charge is -2.04. The molecule has 0 aliphatic heterocycles. The number of hydrogen-bond donors (Lipinski definition) is 1. The van der Waals surface area contributed by atoms with Crippen LogP contribution in [0.1, 0.15) is 10.4 Å². The van der Waals surface area contributed by atoms with Crippen molar-refractivity contribution in [2.45, 2.75) is 0 Å². The summed E-state index contributed by atoms with van der Waals surface area (Å²) in [5.41, 5.74) is 5.02.